The highest BCUT2D eigenvalue weighted by atomic mass is 16.3. The Labute approximate surface area is 106 Å². The van der Waals surface area contributed by atoms with Gasteiger partial charge in [-0.05, 0) is 24.6 Å². The SMILES string of the molecule is C=C(C)C(=O)CC(O)CC(=O)c1ccccc1O. The molecule has 0 amide bonds. The van der Waals surface area contributed by atoms with Crippen LogP contribution in [0.4, 0.5) is 0 Å². The summed E-state index contributed by atoms with van der Waals surface area (Å²) in [5.41, 5.74) is 0.503. The lowest BCUT2D eigenvalue weighted by atomic mass is 10.00. The topological polar surface area (TPSA) is 74.6 Å². The molecule has 0 saturated carbocycles. The van der Waals surface area contributed by atoms with E-state index in [1.807, 2.05) is 0 Å². The van der Waals surface area contributed by atoms with Crippen molar-refractivity contribution in [2.45, 2.75) is 25.9 Å². The van der Waals surface area contributed by atoms with E-state index < -0.39 is 11.9 Å². The molecule has 18 heavy (non-hydrogen) atoms. The molecule has 1 unspecified atom stereocenters. The molecule has 1 aromatic rings. The second-order valence-corrected chi connectivity index (χ2v) is 4.21. The van der Waals surface area contributed by atoms with Gasteiger partial charge >= 0.3 is 0 Å². The Kier molecular flexibility index (Phi) is 4.80. The summed E-state index contributed by atoms with van der Waals surface area (Å²) in [4.78, 5) is 23.1. The number of rotatable bonds is 6. The van der Waals surface area contributed by atoms with E-state index in [0.29, 0.717) is 5.57 Å². The summed E-state index contributed by atoms with van der Waals surface area (Å²) < 4.78 is 0. The van der Waals surface area contributed by atoms with Gasteiger partial charge in [-0.15, -0.1) is 0 Å². The average molecular weight is 248 g/mol. The Balaban J connectivity index is 2.63. The number of carbonyl (C=O) groups excluding carboxylic acids is 2. The third-order valence-corrected chi connectivity index (χ3v) is 2.52. The standard InChI is InChI=1S/C14H16O4/c1-9(2)13(17)7-10(15)8-14(18)11-5-3-4-6-12(11)16/h3-6,10,15-16H,1,7-8H2,2H3. The molecule has 2 N–H and O–H groups in total. The molecule has 0 aliphatic rings. The molecule has 96 valence electrons. The second-order valence-electron chi connectivity index (χ2n) is 4.21. The first kappa shape index (κ1) is 14.1. The molecular formula is C14H16O4. The summed E-state index contributed by atoms with van der Waals surface area (Å²) in [7, 11) is 0. The van der Waals surface area contributed by atoms with Crippen LogP contribution < -0.4 is 0 Å². The van der Waals surface area contributed by atoms with Crippen molar-refractivity contribution >= 4 is 11.6 Å². The molecule has 0 aromatic heterocycles. The summed E-state index contributed by atoms with van der Waals surface area (Å²) in [6, 6.07) is 6.11. The van der Waals surface area contributed by atoms with Crippen molar-refractivity contribution in [2.75, 3.05) is 0 Å². The number of para-hydroxylation sites is 1. The van der Waals surface area contributed by atoms with Crippen LogP contribution >= 0.6 is 0 Å². The minimum atomic E-state index is -1.05. The first-order valence-corrected chi connectivity index (χ1v) is 5.59. The number of Topliss-reactive ketones (excluding diaryl/α,β-unsaturated/α-hetero) is 2. The summed E-state index contributed by atoms with van der Waals surface area (Å²) >= 11 is 0. The number of aliphatic hydroxyl groups excluding tert-OH is 1. The summed E-state index contributed by atoms with van der Waals surface area (Å²) in [5, 5.41) is 19.1. The maximum absolute atomic E-state index is 11.8. The Bertz CT molecular complexity index is 476. The van der Waals surface area contributed by atoms with Crippen LogP contribution in [0.1, 0.15) is 30.1 Å². The summed E-state index contributed by atoms with van der Waals surface area (Å²) in [6.45, 7) is 5.03. The van der Waals surface area contributed by atoms with Crippen molar-refractivity contribution in [3.05, 3.63) is 42.0 Å². The number of hydrogen-bond acceptors (Lipinski definition) is 4. The van der Waals surface area contributed by atoms with E-state index in [4.69, 9.17) is 0 Å². The van der Waals surface area contributed by atoms with Crippen molar-refractivity contribution < 1.29 is 19.8 Å². The van der Waals surface area contributed by atoms with E-state index in [2.05, 4.69) is 6.58 Å². The number of benzene rings is 1. The fourth-order valence-corrected chi connectivity index (χ4v) is 1.49. The highest BCUT2D eigenvalue weighted by Gasteiger charge is 2.18. The van der Waals surface area contributed by atoms with Crippen LogP contribution in [-0.2, 0) is 4.79 Å². The van der Waals surface area contributed by atoms with Gasteiger partial charge in [0.2, 0.25) is 0 Å². The first-order valence-electron chi connectivity index (χ1n) is 5.59. The van der Waals surface area contributed by atoms with E-state index in [1.54, 1.807) is 19.1 Å². The molecular weight excluding hydrogens is 232 g/mol. The summed E-state index contributed by atoms with van der Waals surface area (Å²) in [5.74, 6) is -0.788. The van der Waals surface area contributed by atoms with Crippen molar-refractivity contribution in [1.82, 2.24) is 0 Å². The molecule has 1 atom stereocenters. The predicted octanol–water partition coefficient (Wildman–Crippen LogP) is 1.86. The van der Waals surface area contributed by atoms with Gasteiger partial charge in [0.25, 0.3) is 0 Å². The number of aromatic hydroxyl groups is 1. The third kappa shape index (κ3) is 3.82. The van der Waals surface area contributed by atoms with Crippen LogP contribution in [0.5, 0.6) is 5.75 Å². The third-order valence-electron chi connectivity index (χ3n) is 2.52. The Hall–Kier alpha value is -1.94. The zero-order chi connectivity index (χ0) is 13.7. The lowest BCUT2D eigenvalue weighted by Crippen LogP contribution is -2.18. The average Bonchev–Trinajstić information content (AvgIpc) is 2.28. The van der Waals surface area contributed by atoms with E-state index in [-0.39, 0.29) is 29.9 Å². The molecule has 0 spiro atoms. The maximum atomic E-state index is 11.8. The molecule has 4 nitrogen and oxygen atoms in total. The van der Waals surface area contributed by atoms with Crippen molar-refractivity contribution in [1.29, 1.82) is 0 Å². The minimum absolute atomic E-state index is 0.124. The zero-order valence-electron chi connectivity index (χ0n) is 10.2. The first-order chi connectivity index (χ1) is 8.41. The molecule has 1 rings (SSSR count). The molecule has 0 heterocycles. The molecule has 0 bridgehead atoms. The van der Waals surface area contributed by atoms with Gasteiger partial charge in [-0.25, -0.2) is 0 Å². The van der Waals surface area contributed by atoms with Crippen molar-refractivity contribution in [3.8, 4) is 5.75 Å². The Morgan fingerprint density at radius 3 is 2.44 bits per heavy atom. The highest BCUT2D eigenvalue weighted by Crippen LogP contribution is 2.19. The molecule has 0 radical (unpaired) electrons. The van der Waals surface area contributed by atoms with Crippen LogP contribution in [0.15, 0.2) is 36.4 Å². The van der Waals surface area contributed by atoms with E-state index in [0.717, 1.165) is 0 Å². The smallest absolute Gasteiger partial charge is 0.169 e. The number of hydrogen-bond donors (Lipinski definition) is 2. The van der Waals surface area contributed by atoms with Crippen molar-refractivity contribution in [2.24, 2.45) is 0 Å². The number of phenols is 1. The van der Waals surface area contributed by atoms with Crippen LogP contribution in [0.25, 0.3) is 0 Å². The predicted molar refractivity (Wildman–Crippen MR) is 67.5 cm³/mol. The van der Waals surface area contributed by atoms with Crippen LogP contribution in [0.2, 0.25) is 0 Å². The van der Waals surface area contributed by atoms with Gasteiger partial charge in [0.05, 0.1) is 11.7 Å². The van der Waals surface area contributed by atoms with Gasteiger partial charge in [-0.2, -0.15) is 0 Å². The Morgan fingerprint density at radius 1 is 1.28 bits per heavy atom. The zero-order valence-corrected chi connectivity index (χ0v) is 10.2. The van der Waals surface area contributed by atoms with E-state index in [1.165, 1.54) is 12.1 Å². The van der Waals surface area contributed by atoms with Crippen molar-refractivity contribution in [3.63, 3.8) is 0 Å². The number of allylic oxidation sites excluding steroid dienone is 1. The number of aliphatic hydroxyl groups is 1. The monoisotopic (exact) mass is 248 g/mol. The number of carbonyl (C=O) groups is 2. The summed E-state index contributed by atoms with van der Waals surface area (Å²) in [6.07, 6.45) is -1.38. The van der Waals surface area contributed by atoms with Crippen LogP contribution in [0.3, 0.4) is 0 Å². The largest absolute Gasteiger partial charge is 0.507 e. The highest BCUT2D eigenvalue weighted by molar-refractivity contribution is 5.99. The Morgan fingerprint density at radius 2 is 1.89 bits per heavy atom. The van der Waals surface area contributed by atoms with Gasteiger partial charge in [0.1, 0.15) is 5.75 Å². The van der Waals surface area contributed by atoms with Gasteiger partial charge < -0.3 is 10.2 Å². The quantitative estimate of drug-likeness (QED) is 0.595. The normalized spacial score (nSPS) is 11.9. The van der Waals surface area contributed by atoms with Crippen LogP contribution in [-0.4, -0.2) is 27.9 Å². The molecule has 0 fully saturated rings. The second kappa shape index (κ2) is 6.12. The van der Waals surface area contributed by atoms with Gasteiger partial charge in [-0.3, -0.25) is 9.59 Å². The van der Waals surface area contributed by atoms with E-state index in [9.17, 15) is 19.8 Å². The van der Waals surface area contributed by atoms with Gasteiger partial charge in [0, 0.05) is 12.8 Å². The molecule has 4 heteroatoms. The number of ketones is 2. The van der Waals surface area contributed by atoms with Gasteiger partial charge in [0.15, 0.2) is 11.6 Å². The fraction of sp³-hybridized carbons (Fsp3) is 0.286. The molecule has 0 aliphatic carbocycles. The minimum Gasteiger partial charge on any atom is -0.507 e. The molecule has 0 saturated heterocycles. The number of phenolic OH excluding ortho intramolecular Hbond substituents is 1. The maximum Gasteiger partial charge on any atom is 0.169 e. The fourth-order valence-electron chi connectivity index (χ4n) is 1.49. The van der Waals surface area contributed by atoms with Gasteiger partial charge in [-0.1, -0.05) is 18.7 Å². The van der Waals surface area contributed by atoms with E-state index >= 15 is 0 Å². The molecule has 0 aliphatic heterocycles. The lowest BCUT2D eigenvalue weighted by molar-refractivity contribution is -0.117. The molecule has 1 aromatic carbocycles. The lowest BCUT2D eigenvalue weighted by Gasteiger charge is -2.09. The van der Waals surface area contributed by atoms with Crippen LogP contribution in [0, 0.1) is 0 Å².